The van der Waals surface area contributed by atoms with Crippen molar-refractivity contribution >= 4 is 43.4 Å². The Bertz CT molecular complexity index is 3430. The molecule has 0 radical (unpaired) electrons. The van der Waals surface area contributed by atoms with Gasteiger partial charge in [-0.15, -0.1) is 0 Å². The predicted octanol–water partition coefficient (Wildman–Crippen LogP) is 14.2. The lowest BCUT2D eigenvalue weighted by Crippen LogP contribution is -2.14. The average molecular weight is 767 g/mol. The van der Waals surface area contributed by atoms with Crippen LogP contribution in [0.4, 0.5) is 0 Å². The van der Waals surface area contributed by atoms with Gasteiger partial charge in [0.05, 0.1) is 11.0 Å². The topological polar surface area (TPSA) is 43.6 Å². The Kier molecular flexibility index (Phi) is 7.54. The van der Waals surface area contributed by atoms with Gasteiger partial charge in [-0.2, -0.15) is 0 Å². The highest BCUT2D eigenvalue weighted by atomic mass is 15.0. The molecule has 4 heteroatoms. The highest BCUT2D eigenvalue weighted by Gasteiger charge is 2.36. The maximum Gasteiger partial charge on any atom is 0.166 e. The number of rotatable bonds is 5. The molecule has 0 bridgehead atoms. The second-order valence-corrected chi connectivity index (χ2v) is 16.4. The third-order valence-corrected chi connectivity index (χ3v) is 12.6. The summed E-state index contributed by atoms with van der Waals surface area (Å²) in [6, 6.07) is 69.6. The van der Waals surface area contributed by atoms with Gasteiger partial charge in [0.25, 0.3) is 0 Å². The van der Waals surface area contributed by atoms with Gasteiger partial charge in [0.15, 0.2) is 17.5 Å². The summed E-state index contributed by atoms with van der Waals surface area (Å²) in [5, 5.41) is 6.95. The number of hydrogen-bond donors (Lipinski definition) is 0. The Hall–Kier alpha value is -7.69. The zero-order chi connectivity index (χ0) is 40.0. The first-order chi connectivity index (χ1) is 29.5. The van der Waals surface area contributed by atoms with Crippen LogP contribution in [0.15, 0.2) is 194 Å². The van der Waals surface area contributed by atoms with Crippen molar-refractivity contribution in [2.24, 2.45) is 0 Å². The molecule has 0 spiro atoms. The number of hydrogen-bond acceptors (Lipinski definition) is 3. The van der Waals surface area contributed by atoms with Gasteiger partial charge >= 0.3 is 0 Å². The minimum Gasteiger partial charge on any atom is -0.308 e. The molecule has 2 aromatic heterocycles. The lowest BCUT2D eigenvalue weighted by Gasteiger charge is -2.21. The lowest BCUT2D eigenvalue weighted by molar-refractivity contribution is 0.660. The standard InChI is InChI=1S/C56H38N4/c1-56(2)48-24-11-10-20-45(48)51-43(21-13-25-49(51)56)39-30-31-50-47(34-39)44-22-12-23-46(52(44)60(50)42-18-4-3-5-19-42)55-58-53(40-28-26-35-14-6-8-16-37(35)32-40)57-54(59-55)41-29-27-36-15-7-9-17-38(36)33-41/h3-34H,1-2H3. The van der Waals surface area contributed by atoms with E-state index in [1.165, 1.54) is 49.5 Å². The molecule has 0 atom stereocenters. The van der Waals surface area contributed by atoms with Crippen LogP contribution in [-0.4, -0.2) is 19.5 Å². The Labute approximate surface area is 348 Å². The molecule has 0 N–H and O–H groups in total. The van der Waals surface area contributed by atoms with Crippen LogP contribution < -0.4 is 0 Å². The van der Waals surface area contributed by atoms with Gasteiger partial charge in [-0.25, -0.2) is 15.0 Å². The fourth-order valence-corrected chi connectivity index (χ4v) is 9.67. The maximum atomic E-state index is 5.33. The minimum absolute atomic E-state index is 0.0772. The second kappa shape index (κ2) is 13.2. The van der Waals surface area contributed by atoms with Gasteiger partial charge in [0.2, 0.25) is 0 Å². The molecule has 0 amide bonds. The van der Waals surface area contributed by atoms with E-state index in [0.717, 1.165) is 49.6 Å². The van der Waals surface area contributed by atoms with Crippen LogP contribution >= 0.6 is 0 Å². The van der Waals surface area contributed by atoms with E-state index in [2.05, 4.69) is 213 Å². The summed E-state index contributed by atoms with van der Waals surface area (Å²) >= 11 is 0. The van der Waals surface area contributed by atoms with Crippen LogP contribution in [0.5, 0.6) is 0 Å². The van der Waals surface area contributed by atoms with Crippen LogP contribution in [0, 0.1) is 0 Å². The summed E-state index contributed by atoms with van der Waals surface area (Å²) < 4.78 is 2.38. The van der Waals surface area contributed by atoms with E-state index in [1.807, 2.05) is 0 Å². The zero-order valence-corrected chi connectivity index (χ0v) is 33.3. The molecule has 0 fully saturated rings. The highest BCUT2D eigenvalue weighted by molar-refractivity contribution is 6.14. The Morgan fingerprint density at radius 2 is 0.933 bits per heavy atom. The molecule has 282 valence electrons. The number of aromatic nitrogens is 4. The number of para-hydroxylation sites is 2. The van der Waals surface area contributed by atoms with E-state index in [4.69, 9.17) is 15.0 Å². The van der Waals surface area contributed by atoms with Crippen LogP contribution in [0.25, 0.3) is 105 Å². The highest BCUT2D eigenvalue weighted by Crippen LogP contribution is 2.52. The van der Waals surface area contributed by atoms with Crippen LogP contribution in [0.3, 0.4) is 0 Å². The normalized spacial score (nSPS) is 13.0. The molecular formula is C56H38N4. The van der Waals surface area contributed by atoms with Gasteiger partial charge in [-0.3, -0.25) is 0 Å². The molecule has 4 nitrogen and oxygen atoms in total. The summed E-state index contributed by atoms with van der Waals surface area (Å²) in [5.41, 5.74) is 13.9. The SMILES string of the molecule is CC1(C)c2ccccc2-c2c(-c3ccc4c(c3)c3cccc(-c5nc(-c6ccc7ccccc7c6)nc(-c6ccc7ccccc7c6)n5)c3n4-c3ccccc3)cccc21. The van der Waals surface area contributed by atoms with Crippen LogP contribution in [0.2, 0.25) is 0 Å². The van der Waals surface area contributed by atoms with Gasteiger partial charge < -0.3 is 4.57 Å². The minimum atomic E-state index is -0.0772. The van der Waals surface area contributed by atoms with Crippen molar-refractivity contribution < 1.29 is 0 Å². The molecule has 60 heavy (non-hydrogen) atoms. The molecule has 2 heterocycles. The largest absolute Gasteiger partial charge is 0.308 e. The van der Waals surface area contributed by atoms with E-state index >= 15 is 0 Å². The number of benzene rings is 9. The maximum absolute atomic E-state index is 5.33. The van der Waals surface area contributed by atoms with Crippen molar-refractivity contribution in [2.45, 2.75) is 19.3 Å². The third-order valence-electron chi connectivity index (χ3n) is 12.6. The quantitative estimate of drug-likeness (QED) is 0.175. The predicted molar refractivity (Wildman–Crippen MR) is 248 cm³/mol. The summed E-state index contributed by atoms with van der Waals surface area (Å²) in [6.45, 7) is 4.69. The molecule has 0 saturated carbocycles. The van der Waals surface area contributed by atoms with Crippen LogP contribution in [-0.2, 0) is 5.41 Å². The smallest absolute Gasteiger partial charge is 0.166 e. The molecule has 0 saturated heterocycles. The van der Waals surface area contributed by atoms with Crippen molar-refractivity contribution in [1.29, 1.82) is 0 Å². The summed E-state index contributed by atoms with van der Waals surface area (Å²) in [6.07, 6.45) is 0. The second-order valence-electron chi connectivity index (χ2n) is 16.4. The van der Waals surface area contributed by atoms with E-state index < -0.39 is 0 Å². The van der Waals surface area contributed by atoms with Gasteiger partial charge in [-0.1, -0.05) is 166 Å². The van der Waals surface area contributed by atoms with E-state index in [9.17, 15) is 0 Å². The van der Waals surface area contributed by atoms with Gasteiger partial charge in [0, 0.05) is 38.6 Å². The average Bonchev–Trinajstić information content (AvgIpc) is 3.77. The molecule has 1 aliphatic carbocycles. The first kappa shape index (κ1) is 34.4. The monoisotopic (exact) mass is 766 g/mol. The van der Waals surface area contributed by atoms with Crippen molar-refractivity contribution in [3.8, 4) is 62.1 Å². The lowest BCUT2D eigenvalue weighted by atomic mass is 9.82. The zero-order valence-electron chi connectivity index (χ0n) is 33.3. The van der Waals surface area contributed by atoms with E-state index in [-0.39, 0.29) is 5.41 Å². The van der Waals surface area contributed by atoms with Crippen molar-refractivity contribution in [3.05, 3.63) is 205 Å². The molecule has 11 aromatic rings. The molecule has 0 aliphatic heterocycles. The van der Waals surface area contributed by atoms with Crippen molar-refractivity contribution in [2.75, 3.05) is 0 Å². The first-order valence-corrected chi connectivity index (χ1v) is 20.6. The first-order valence-electron chi connectivity index (χ1n) is 20.6. The molecule has 9 aromatic carbocycles. The Balaban J connectivity index is 1.12. The Morgan fingerprint density at radius 3 is 1.65 bits per heavy atom. The number of fused-ring (bicyclic) bond motifs is 8. The molecular weight excluding hydrogens is 729 g/mol. The summed E-state index contributed by atoms with van der Waals surface area (Å²) in [5.74, 6) is 1.90. The fourth-order valence-electron chi connectivity index (χ4n) is 9.67. The van der Waals surface area contributed by atoms with E-state index in [0.29, 0.717) is 17.5 Å². The molecule has 1 aliphatic rings. The fraction of sp³-hybridized carbons (Fsp3) is 0.0536. The van der Waals surface area contributed by atoms with Crippen LogP contribution in [0.1, 0.15) is 25.0 Å². The molecule has 12 rings (SSSR count). The van der Waals surface area contributed by atoms with Gasteiger partial charge in [-0.05, 0) is 97.4 Å². The van der Waals surface area contributed by atoms with E-state index in [1.54, 1.807) is 0 Å². The summed E-state index contributed by atoms with van der Waals surface area (Å²) in [4.78, 5) is 15.8. The van der Waals surface area contributed by atoms with Gasteiger partial charge in [0.1, 0.15) is 0 Å². The molecule has 0 unspecified atom stereocenters. The Morgan fingerprint density at radius 1 is 0.383 bits per heavy atom. The number of nitrogens with zero attached hydrogens (tertiary/aromatic N) is 4. The third kappa shape index (κ3) is 5.27. The summed E-state index contributed by atoms with van der Waals surface area (Å²) in [7, 11) is 0. The van der Waals surface area contributed by atoms with Crippen molar-refractivity contribution in [1.82, 2.24) is 19.5 Å². The van der Waals surface area contributed by atoms with Crippen molar-refractivity contribution in [3.63, 3.8) is 0 Å².